The fourth-order valence-electron chi connectivity index (χ4n) is 2.07. The maximum Gasteiger partial charge on any atom is 0.275 e. The van der Waals surface area contributed by atoms with Gasteiger partial charge in [0.05, 0.1) is 4.92 Å². The van der Waals surface area contributed by atoms with Crippen LogP contribution in [0.1, 0.15) is 45.6 Å². The van der Waals surface area contributed by atoms with Crippen LogP contribution >= 0.6 is 15.9 Å². The van der Waals surface area contributed by atoms with E-state index in [1.165, 1.54) is 12.8 Å². The summed E-state index contributed by atoms with van der Waals surface area (Å²) in [6.45, 7) is 7.12. The van der Waals surface area contributed by atoms with Crippen LogP contribution in [0.2, 0.25) is 0 Å². The van der Waals surface area contributed by atoms with Gasteiger partial charge in [-0.05, 0) is 31.4 Å². The lowest BCUT2D eigenvalue weighted by Gasteiger charge is -2.14. The van der Waals surface area contributed by atoms with Gasteiger partial charge in [0.15, 0.2) is 0 Å². The predicted octanol–water partition coefficient (Wildman–Crippen LogP) is 4.66. The summed E-state index contributed by atoms with van der Waals surface area (Å²) in [4.78, 5) is 10.7. The van der Waals surface area contributed by atoms with Crippen LogP contribution in [0.5, 0.6) is 0 Å². The van der Waals surface area contributed by atoms with Gasteiger partial charge in [0.1, 0.15) is 0 Å². The zero-order valence-corrected chi connectivity index (χ0v) is 13.9. The fraction of sp³-hybridized carbons (Fsp3) is 0.600. The van der Waals surface area contributed by atoms with Gasteiger partial charge in [-0.15, -0.1) is 0 Å². The van der Waals surface area contributed by atoms with Crippen molar-refractivity contribution < 1.29 is 4.92 Å². The average Bonchev–Trinajstić information content (AvgIpc) is 2.36. The van der Waals surface area contributed by atoms with E-state index in [9.17, 15) is 10.1 Å². The zero-order valence-electron chi connectivity index (χ0n) is 12.4. The summed E-state index contributed by atoms with van der Waals surface area (Å²) < 4.78 is 0.734. The number of hydrogen-bond donors (Lipinski definition) is 1. The summed E-state index contributed by atoms with van der Waals surface area (Å²) in [5, 5.41) is 14.4. The van der Waals surface area contributed by atoms with Crippen LogP contribution in [0.25, 0.3) is 0 Å². The topological polar surface area (TPSA) is 55.2 Å². The quantitative estimate of drug-likeness (QED) is 0.552. The first kappa shape index (κ1) is 17.1. The standard InChI is InChI=1S/C15H23BrN2O2/c1-11(2)5-4-6-12(3)17-10-13-7-8-14(16)9-15(13)18(19)20/h7-9,11-12,17H,4-6,10H2,1-3H3. The number of benzene rings is 1. The van der Waals surface area contributed by atoms with Crippen LogP contribution in [0.3, 0.4) is 0 Å². The van der Waals surface area contributed by atoms with Gasteiger partial charge in [-0.2, -0.15) is 0 Å². The molecule has 0 aliphatic rings. The molecule has 1 N–H and O–H groups in total. The molecular formula is C15H23BrN2O2. The van der Waals surface area contributed by atoms with Crippen molar-refractivity contribution >= 4 is 21.6 Å². The van der Waals surface area contributed by atoms with Gasteiger partial charge in [-0.3, -0.25) is 10.1 Å². The molecule has 112 valence electrons. The molecule has 0 fully saturated rings. The molecule has 1 aromatic carbocycles. The molecule has 0 amide bonds. The highest BCUT2D eigenvalue weighted by atomic mass is 79.9. The Bertz CT molecular complexity index is 449. The second kappa shape index (κ2) is 8.37. The lowest BCUT2D eigenvalue weighted by Crippen LogP contribution is -2.25. The Hall–Kier alpha value is -0.940. The number of nitrogens with zero attached hydrogens (tertiary/aromatic N) is 1. The molecule has 1 rings (SSSR count). The van der Waals surface area contributed by atoms with E-state index in [0.717, 1.165) is 22.4 Å². The van der Waals surface area contributed by atoms with Gasteiger partial charge in [-0.25, -0.2) is 0 Å². The molecule has 0 spiro atoms. The first-order valence-electron chi connectivity index (χ1n) is 7.06. The highest BCUT2D eigenvalue weighted by Crippen LogP contribution is 2.23. The smallest absolute Gasteiger partial charge is 0.275 e. The Morgan fingerprint density at radius 1 is 1.30 bits per heavy atom. The lowest BCUT2D eigenvalue weighted by molar-refractivity contribution is -0.385. The Kier molecular flexibility index (Phi) is 7.16. The van der Waals surface area contributed by atoms with Crippen LogP contribution in [0, 0.1) is 16.0 Å². The Morgan fingerprint density at radius 2 is 2.00 bits per heavy atom. The van der Waals surface area contributed by atoms with Crippen molar-refractivity contribution in [2.75, 3.05) is 0 Å². The fourth-order valence-corrected chi connectivity index (χ4v) is 2.42. The van der Waals surface area contributed by atoms with Crippen LogP contribution in [-0.2, 0) is 6.54 Å². The zero-order chi connectivity index (χ0) is 15.1. The number of nitrogens with one attached hydrogen (secondary N) is 1. The number of nitro groups is 1. The van der Waals surface area contributed by atoms with Crippen LogP contribution in [0.15, 0.2) is 22.7 Å². The van der Waals surface area contributed by atoms with E-state index in [-0.39, 0.29) is 10.6 Å². The Morgan fingerprint density at radius 3 is 2.60 bits per heavy atom. The van der Waals surface area contributed by atoms with Crippen molar-refractivity contribution in [1.82, 2.24) is 5.32 Å². The molecule has 5 heteroatoms. The molecule has 1 atom stereocenters. The van der Waals surface area contributed by atoms with Crippen LogP contribution in [-0.4, -0.2) is 11.0 Å². The minimum atomic E-state index is -0.328. The van der Waals surface area contributed by atoms with Crippen molar-refractivity contribution in [1.29, 1.82) is 0 Å². The van der Waals surface area contributed by atoms with E-state index in [0.29, 0.717) is 12.6 Å². The molecule has 4 nitrogen and oxygen atoms in total. The van der Waals surface area contributed by atoms with Crippen LogP contribution in [0.4, 0.5) is 5.69 Å². The molecule has 1 unspecified atom stereocenters. The van der Waals surface area contributed by atoms with Crippen LogP contribution < -0.4 is 5.32 Å². The number of rotatable bonds is 8. The van der Waals surface area contributed by atoms with Gasteiger partial charge in [0.25, 0.3) is 5.69 Å². The largest absolute Gasteiger partial charge is 0.310 e. The maximum atomic E-state index is 11.0. The summed E-state index contributed by atoms with van der Waals surface area (Å²) in [5.74, 6) is 0.731. The van der Waals surface area contributed by atoms with E-state index < -0.39 is 0 Å². The molecule has 1 aromatic rings. The molecule has 0 radical (unpaired) electrons. The summed E-state index contributed by atoms with van der Waals surface area (Å²) in [5.41, 5.74) is 0.898. The van der Waals surface area contributed by atoms with E-state index in [4.69, 9.17) is 0 Å². The first-order valence-corrected chi connectivity index (χ1v) is 7.85. The second-order valence-corrected chi connectivity index (χ2v) is 6.55. The number of hydrogen-bond acceptors (Lipinski definition) is 3. The summed E-state index contributed by atoms with van der Waals surface area (Å²) >= 11 is 3.27. The van der Waals surface area contributed by atoms with Gasteiger partial charge in [0, 0.05) is 28.7 Å². The molecule has 0 saturated carbocycles. The summed E-state index contributed by atoms with van der Waals surface area (Å²) in [6, 6.07) is 5.57. The monoisotopic (exact) mass is 342 g/mol. The third kappa shape index (κ3) is 6.01. The summed E-state index contributed by atoms with van der Waals surface area (Å²) in [7, 11) is 0. The molecule has 0 aromatic heterocycles. The van der Waals surface area contributed by atoms with E-state index in [1.54, 1.807) is 12.1 Å². The number of halogens is 1. The highest BCUT2D eigenvalue weighted by Gasteiger charge is 2.14. The molecule has 0 saturated heterocycles. The first-order chi connectivity index (χ1) is 9.40. The third-order valence-corrected chi connectivity index (χ3v) is 3.80. The Labute approximate surface area is 129 Å². The normalized spacial score (nSPS) is 12.7. The van der Waals surface area contributed by atoms with Gasteiger partial charge in [-0.1, -0.05) is 42.6 Å². The molecular weight excluding hydrogens is 320 g/mol. The molecule has 0 heterocycles. The molecule has 0 aliphatic heterocycles. The van der Waals surface area contributed by atoms with Gasteiger partial charge >= 0.3 is 0 Å². The second-order valence-electron chi connectivity index (χ2n) is 5.64. The van der Waals surface area contributed by atoms with E-state index in [2.05, 4.69) is 42.0 Å². The third-order valence-electron chi connectivity index (χ3n) is 3.30. The molecule has 0 aliphatic carbocycles. The maximum absolute atomic E-state index is 11.0. The van der Waals surface area contributed by atoms with Crippen molar-refractivity contribution in [3.63, 3.8) is 0 Å². The highest BCUT2D eigenvalue weighted by molar-refractivity contribution is 9.10. The minimum Gasteiger partial charge on any atom is -0.310 e. The van der Waals surface area contributed by atoms with E-state index >= 15 is 0 Å². The number of nitro benzene ring substituents is 1. The molecule has 20 heavy (non-hydrogen) atoms. The average molecular weight is 343 g/mol. The van der Waals surface area contributed by atoms with Crippen molar-refractivity contribution in [2.45, 2.75) is 52.6 Å². The van der Waals surface area contributed by atoms with Crippen molar-refractivity contribution in [3.05, 3.63) is 38.3 Å². The van der Waals surface area contributed by atoms with Gasteiger partial charge < -0.3 is 5.32 Å². The van der Waals surface area contributed by atoms with Crippen molar-refractivity contribution in [3.8, 4) is 0 Å². The molecule has 0 bridgehead atoms. The predicted molar refractivity (Wildman–Crippen MR) is 85.8 cm³/mol. The minimum absolute atomic E-state index is 0.168. The Balaban J connectivity index is 2.51. The SMILES string of the molecule is CC(C)CCCC(C)NCc1ccc(Br)cc1[N+](=O)[O-]. The van der Waals surface area contributed by atoms with Crippen molar-refractivity contribution in [2.24, 2.45) is 5.92 Å². The summed E-state index contributed by atoms with van der Waals surface area (Å²) in [6.07, 6.45) is 3.52. The van der Waals surface area contributed by atoms with E-state index in [1.807, 2.05) is 6.07 Å². The lowest BCUT2D eigenvalue weighted by atomic mass is 10.0. The van der Waals surface area contributed by atoms with Gasteiger partial charge in [0.2, 0.25) is 0 Å².